The Labute approximate surface area is 149 Å². The van der Waals surface area contributed by atoms with Gasteiger partial charge in [0.1, 0.15) is 0 Å². The van der Waals surface area contributed by atoms with Gasteiger partial charge in [-0.25, -0.2) is 0 Å². The minimum atomic E-state index is -0.723. The molecule has 2 aliphatic carbocycles. The Balaban J connectivity index is 1.34. The summed E-state index contributed by atoms with van der Waals surface area (Å²) in [4.78, 5) is 11.6. The molecule has 136 valence electrons. The lowest BCUT2D eigenvalue weighted by Gasteiger charge is -2.18. The Kier molecular flexibility index (Phi) is 6.27. The number of benzene rings is 1. The van der Waals surface area contributed by atoms with E-state index < -0.39 is 5.97 Å². The van der Waals surface area contributed by atoms with Crippen molar-refractivity contribution in [1.82, 2.24) is 0 Å². The van der Waals surface area contributed by atoms with Crippen molar-refractivity contribution in [3.8, 4) is 0 Å². The van der Waals surface area contributed by atoms with Crippen molar-refractivity contribution >= 4 is 5.97 Å². The number of aliphatic carboxylic acids is 1. The number of carboxylic acids is 1. The summed E-state index contributed by atoms with van der Waals surface area (Å²) >= 11 is 0. The minimum absolute atomic E-state index is 0.108. The van der Waals surface area contributed by atoms with Crippen molar-refractivity contribution in [1.29, 1.82) is 0 Å². The number of carbonyl (C=O) groups is 1. The van der Waals surface area contributed by atoms with Crippen LogP contribution in [0.2, 0.25) is 0 Å². The minimum Gasteiger partial charge on any atom is -0.481 e. The van der Waals surface area contributed by atoms with E-state index in [-0.39, 0.29) is 23.9 Å². The molecule has 0 amide bonds. The van der Waals surface area contributed by atoms with Gasteiger partial charge in [-0.1, -0.05) is 48.4 Å². The van der Waals surface area contributed by atoms with Crippen LogP contribution < -0.4 is 0 Å². The van der Waals surface area contributed by atoms with Crippen molar-refractivity contribution in [3.05, 3.63) is 47.5 Å². The Morgan fingerprint density at radius 2 is 1.92 bits per heavy atom. The third-order valence-corrected chi connectivity index (χ3v) is 5.53. The zero-order chi connectivity index (χ0) is 17.6. The Bertz CT molecular complexity index is 595. The van der Waals surface area contributed by atoms with Crippen molar-refractivity contribution in [2.75, 3.05) is 6.61 Å². The van der Waals surface area contributed by atoms with Gasteiger partial charge in [-0.3, -0.25) is 4.79 Å². The summed E-state index contributed by atoms with van der Waals surface area (Å²) in [5.41, 5.74) is 2.27. The quantitative estimate of drug-likeness (QED) is 0.528. The molecule has 0 aromatic heterocycles. The number of hydrogen-bond acceptors (Lipinski definition) is 3. The van der Waals surface area contributed by atoms with Crippen molar-refractivity contribution in [3.63, 3.8) is 0 Å². The molecule has 1 fully saturated rings. The highest BCUT2D eigenvalue weighted by molar-refractivity contribution is 5.75. The summed E-state index contributed by atoms with van der Waals surface area (Å²) in [5, 5.41) is 19.3. The second-order valence-electron chi connectivity index (χ2n) is 7.36. The van der Waals surface area contributed by atoms with Crippen LogP contribution in [-0.2, 0) is 16.1 Å². The van der Waals surface area contributed by atoms with E-state index >= 15 is 0 Å². The van der Waals surface area contributed by atoms with Gasteiger partial charge in [-0.05, 0) is 49.5 Å². The van der Waals surface area contributed by atoms with E-state index in [0.717, 1.165) is 44.3 Å². The molecule has 3 unspecified atom stereocenters. The van der Waals surface area contributed by atoms with Crippen molar-refractivity contribution < 1.29 is 19.7 Å². The molecule has 0 saturated heterocycles. The number of carboxylic acid groups (broad SMARTS) is 1. The highest BCUT2D eigenvalue weighted by Gasteiger charge is 2.46. The SMILES string of the molecule is O=C(O)C1C(CCCCCOCc2ccccc2)=CC2C[C@H](O)CC21. The van der Waals surface area contributed by atoms with E-state index in [0.29, 0.717) is 13.0 Å². The number of fused-ring (bicyclic) bond motifs is 1. The van der Waals surface area contributed by atoms with E-state index in [1.807, 2.05) is 18.2 Å². The molecule has 0 bridgehead atoms. The summed E-state index contributed by atoms with van der Waals surface area (Å²) in [7, 11) is 0. The second kappa shape index (κ2) is 8.63. The number of aliphatic hydroxyl groups is 1. The van der Waals surface area contributed by atoms with E-state index in [4.69, 9.17) is 4.74 Å². The van der Waals surface area contributed by atoms with E-state index in [9.17, 15) is 15.0 Å². The first-order valence-corrected chi connectivity index (χ1v) is 9.38. The maximum absolute atomic E-state index is 11.6. The van der Waals surface area contributed by atoms with Gasteiger partial charge in [-0.2, -0.15) is 0 Å². The lowest BCUT2D eigenvalue weighted by atomic mass is 9.86. The molecule has 2 aliphatic rings. The zero-order valence-electron chi connectivity index (χ0n) is 14.6. The van der Waals surface area contributed by atoms with Gasteiger partial charge in [0.05, 0.1) is 18.6 Å². The van der Waals surface area contributed by atoms with Crippen LogP contribution in [-0.4, -0.2) is 28.9 Å². The summed E-state index contributed by atoms with van der Waals surface area (Å²) in [6, 6.07) is 10.2. The molecule has 2 N–H and O–H groups in total. The van der Waals surface area contributed by atoms with Crippen molar-refractivity contribution in [2.24, 2.45) is 17.8 Å². The molecule has 1 aromatic carbocycles. The van der Waals surface area contributed by atoms with Gasteiger partial charge in [0.25, 0.3) is 0 Å². The van der Waals surface area contributed by atoms with E-state index in [1.165, 1.54) is 5.56 Å². The number of allylic oxidation sites excluding steroid dienone is 1. The fourth-order valence-electron chi connectivity index (χ4n) is 4.36. The van der Waals surface area contributed by atoms with Crippen LogP contribution in [0, 0.1) is 17.8 Å². The maximum Gasteiger partial charge on any atom is 0.310 e. The van der Waals surface area contributed by atoms with Crippen LogP contribution in [0.25, 0.3) is 0 Å². The van der Waals surface area contributed by atoms with Crippen LogP contribution in [0.1, 0.15) is 44.1 Å². The Hall–Kier alpha value is -1.65. The fraction of sp³-hybridized carbons (Fsp3) is 0.571. The molecule has 1 aromatic rings. The maximum atomic E-state index is 11.6. The van der Waals surface area contributed by atoms with Crippen LogP contribution in [0.15, 0.2) is 42.0 Å². The first-order chi connectivity index (χ1) is 12.1. The van der Waals surface area contributed by atoms with Crippen LogP contribution in [0.5, 0.6) is 0 Å². The Morgan fingerprint density at radius 3 is 2.68 bits per heavy atom. The average Bonchev–Trinajstić information content (AvgIpc) is 3.10. The van der Waals surface area contributed by atoms with Crippen molar-refractivity contribution in [2.45, 2.75) is 51.2 Å². The summed E-state index contributed by atoms with van der Waals surface area (Å²) < 4.78 is 5.69. The van der Waals surface area contributed by atoms with Gasteiger partial charge in [0, 0.05) is 6.61 Å². The largest absolute Gasteiger partial charge is 0.481 e. The van der Waals surface area contributed by atoms with Gasteiger partial charge < -0.3 is 14.9 Å². The fourth-order valence-corrected chi connectivity index (χ4v) is 4.36. The smallest absolute Gasteiger partial charge is 0.310 e. The van der Waals surface area contributed by atoms with E-state index in [1.54, 1.807) is 0 Å². The summed E-state index contributed by atoms with van der Waals surface area (Å²) in [5.74, 6) is -0.729. The second-order valence-corrected chi connectivity index (χ2v) is 7.36. The van der Waals surface area contributed by atoms with Crippen LogP contribution in [0.3, 0.4) is 0 Å². The molecule has 0 heterocycles. The standard InChI is InChI=1S/C21H28O4/c22-18-12-17-11-16(20(21(23)24)19(17)13-18)9-5-2-6-10-25-14-15-7-3-1-4-8-15/h1,3-4,7-8,11,17-20,22H,2,5-6,9-10,12-14H2,(H,23,24)/t17?,18-,19?,20?/m0/s1. The lowest BCUT2D eigenvalue weighted by molar-refractivity contribution is -0.142. The number of ether oxygens (including phenoxy) is 1. The van der Waals surface area contributed by atoms with Gasteiger partial charge in [0.15, 0.2) is 0 Å². The van der Waals surface area contributed by atoms with Gasteiger partial charge in [0.2, 0.25) is 0 Å². The lowest BCUT2D eigenvalue weighted by Crippen LogP contribution is -2.23. The molecular formula is C21H28O4. The average molecular weight is 344 g/mol. The highest BCUT2D eigenvalue weighted by Crippen LogP contribution is 2.48. The molecule has 0 radical (unpaired) electrons. The predicted molar refractivity (Wildman–Crippen MR) is 96.0 cm³/mol. The van der Waals surface area contributed by atoms with Crippen LogP contribution in [0.4, 0.5) is 0 Å². The monoisotopic (exact) mass is 344 g/mol. The van der Waals surface area contributed by atoms with Crippen LogP contribution >= 0.6 is 0 Å². The third kappa shape index (κ3) is 4.71. The summed E-state index contributed by atoms with van der Waals surface area (Å²) in [6.45, 7) is 1.40. The molecule has 3 rings (SSSR count). The summed E-state index contributed by atoms with van der Waals surface area (Å²) in [6.07, 6.45) is 7.10. The Morgan fingerprint density at radius 1 is 1.12 bits per heavy atom. The zero-order valence-corrected chi connectivity index (χ0v) is 14.6. The van der Waals surface area contributed by atoms with E-state index in [2.05, 4.69) is 18.2 Å². The molecule has 1 saturated carbocycles. The molecule has 4 atom stereocenters. The third-order valence-electron chi connectivity index (χ3n) is 5.53. The number of aliphatic hydroxyl groups excluding tert-OH is 1. The molecule has 0 spiro atoms. The first kappa shape index (κ1) is 18.2. The topological polar surface area (TPSA) is 66.8 Å². The number of rotatable bonds is 9. The molecular weight excluding hydrogens is 316 g/mol. The predicted octanol–water partition coefficient (Wildman–Crippen LogP) is 3.79. The normalized spacial score (nSPS) is 28.0. The number of unbranched alkanes of at least 4 members (excludes halogenated alkanes) is 2. The molecule has 0 aliphatic heterocycles. The molecule has 4 nitrogen and oxygen atoms in total. The number of hydrogen-bond donors (Lipinski definition) is 2. The molecule has 4 heteroatoms. The first-order valence-electron chi connectivity index (χ1n) is 9.38. The highest BCUT2D eigenvalue weighted by atomic mass is 16.5. The van der Waals surface area contributed by atoms with Gasteiger partial charge >= 0.3 is 5.97 Å². The molecule has 25 heavy (non-hydrogen) atoms. The van der Waals surface area contributed by atoms with Gasteiger partial charge in [-0.15, -0.1) is 0 Å².